The summed E-state index contributed by atoms with van der Waals surface area (Å²) in [7, 11) is -3.99. The van der Waals surface area contributed by atoms with E-state index in [2.05, 4.69) is 0 Å². The molecular weight excluding hydrogens is 444 g/mol. The molecular formula is C24H30N2O6S. The molecule has 1 saturated heterocycles. The van der Waals surface area contributed by atoms with Crippen molar-refractivity contribution in [3.8, 4) is 5.75 Å². The highest BCUT2D eigenvalue weighted by Crippen LogP contribution is 2.26. The van der Waals surface area contributed by atoms with Gasteiger partial charge in [-0.25, -0.2) is 8.42 Å². The summed E-state index contributed by atoms with van der Waals surface area (Å²) in [5.41, 5.74) is 0.404. The zero-order valence-corrected chi connectivity index (χ0v) is 19.8. The summed E-state index contributed by atoms with van der Waals surface area (Å²) in [4.78, 5) is 26.7. The van der Waals surface area contributed by atoms with Gasteiger partial charge in [0.2, 0.25) is 5.91 Å². The Morgan fingerprint density at radius 1 is 0.970 bits per heavy atom. The van der Waals surface area contributed by atoms with Crippen LogP contribution < -0.4 is 9.04 Å². The van der Waals surface area contributed by atoms with E-state index in [1.807, 2.05) is 6.92 Å². The van der Waals surface area contributed by atoms with Crippen LogP contribution in [0.4, 0.5) is 5.69 Å². The highest BCUT2D eigenvalue weighted by molar-refractivity contribution is 7.92. The van der Waals surface area contributed by atoms with E-state index >= 15 is 0 Å². The van der Waals surface area contributed by atoms with Crippen molar-refractivity contribution in [1.82, 2.24) is 4.90 Å². The molecule has 33 heavy (non-hydrogen) atoms. The number of esters is 1. The minimum atomic E-state index is -3.99. The molecule has 0 bridgehead atoms. The first-order chi connectivity index (χ1) is 15.9. The van der Waals surface area contributed by atoms with Crippen molar-refractivity contribution in [2.24, 2.45) is 5.92 Å². The molecule has 1 heterocycles. The fraction of sp³-hybridized carbons (Fsp3) is 0.417. The summed E-state index contributed by atoms with van der Waals surface area (Å²) in [6.45, 7) is 4.85. The molecule has 0 atom stereocenters. The lowest BCUT2D eigenvalue weighted by Crippen LogP contribution is -2.46. The second kappa shape index (κ2) is 11.2. The second-order valence-corrected chi connectivity index (χ2v) is 9.52. The maximum atomic E-state index is 13.5. The van der Waals surface area contributed by atoms with Gasteiger partial charge in [-0.15, -0.1) is 0 Å². The number of anilines is 1. The number of para-hydroxylation sites is 1. The molecule has 2 aromatic carbocycles. The van der Waals surface area contributed by atoms with Crippen LogP contribution in [0.2, 0.25) is 0 Å². The van der Waals surface area contributed by atoms with Crippen LogP contribution in [0.1, 0.15) is 26.7 Å². The number of amides is 1. The first kappa shape index (κ1) is 24.6. The van der Waals surface area contributed by atoms with Crippen molar-refractivity contribution < 1.29 is 27.5 Å². The van der Waals surface area contributed by atoms with Crippen LogP contribution in [0.3, 0.4) is 0 Å². The largest absolute Gasteiger partial charge is 0.494 e. The molecule has 1 fully saturated rings. The molecule has 0 aromatic heterocycles. The Kier molecular flexibility index (Phi) is 8.32. The van der Waals surface area contributed by atoms with E-state index in [-0.39, 0.29) is 29.2 Å². The third-order valence-corrected chi connectivity index (χ3v) is 7.30. The first-order valence-corrected chi connectivity index (χ1v) is 12.6. The predicted octanol–water partition coefficient (Wildman–Crippen LogP) is 3.08. The van der Waals surface area contributed by atoms with E-state index in [1.54, 1.807) is 54.3 Å². The van der Waals surface area contributed by atoms with Gasteiger partial charge in [-0.2, -0.15) is 0 Å². The molecule has 0 radical (unpaired) electrons. The van der Waals surface area contributed by atoms with Crippen LogP contribution >= 0.6 is 0 Å². The van der Waals surface area contributed by atoms with Crippen LogP contribution in [0, 0.1) is 5.92 Å². The Hall–Kier alpha value is -3.07. The van der Waals surface area contributed by atoms with E-state index in [0.717, 1.165) is 4.31 Å². The number of piperidine rings is 1. The number of likely N-dealkylation sites (tertiary alicyclic amines) is 1. The number of nitrogens with zero attached hydrogens (tertiary/aromatic N) is 2. The van der Waals surface area contributed by atoms with E-state index in [9.17, 15) is 18.0 Å². The van der Waals surface area contributed by atoms with Gasteiger partial charge < -0.3 is 14.4 Å². The number of carbonyl (C=O) groups is 2. The third kappa shape index (κ3) is 6.04. The number of ether oxygens (including phenoxy) is 2. The molecule has 1 aliphatic heterocycles. The molecule has 0 saturated carbocycles. The zero-order chi connectivity index (χ0) is 23.8. The van der Waals surface area contributed by atoms with Crippen LogP contribution in [-0.2, 0) is 24.3 Å². The first-order valence-electron chi connectivity index (χ1n) is 11.1. The van der Waals surface area contributed by atoms with E-state index in [4.69, 9.17) is 9.47 Å². The molecule has 1 aliphatic rings. The quantitative estimate of drug-likeness (QED) is 0.519. The number of sulfonamides is 1. The highest BCUT2D eigenvalue weighted by atomic mass is 32.2. The maximum Gasteiger partial charge on any atom is 0.309 e. The number of hydrogen-bond acceptors (Lipinski definition) is 6. The van der Waals surface area contributed by atoms with Crippen LogP contribution in [0.25, 0.3) is 0 Å². The van der Waals surface area contributed by atoms with Crippen molar-refractivity contribution in [2.75, 3.05) is 37.2 Å². The van der Waals surface area contributed by atoms with Crippen molar-refractivity contribution in [1.29, 1.82) is 0 Å². The average molecular weight is 475 g/mol. The lowest BCUT2D eigenvalue weighted by Gasteiger charge is -2.33. The number of hydrogen-bond donors (Lipinski definition) is 0. The molecule has 0 aliphatic carbocycles. The molecule has 8 nitrogen and oxygen atoms in total. The minimum absolute atomic E-state index is 0.0728. The number of rotatable bonds is 9. The summed E-state index contributed by atoms with van der Waals surface area (Å²) in [5.74, 6) is -0.209. The molecule has 9 heteroatoms. The molecule has 0 spiro atoms. The standard InChI is InChI=1S/C24H30N2O6S/c1-3-31-21-10-12-22(13-11-21)33(29,30)26(20-8-6-5-7-9-20)18-23(27)25-16-14-19(15-17-25)24(28)32-4-2/h5-13,19H,3-4,14-18H2,1-2H3. The Labute approximate surface area is 195 Å². The topological polar surface area (TPSA) is 93.2 Å². The Morgan fingerprint density at radius 3 is 2.18 bits per heavy atom. The molecule has 1 amide bonds. The average Bonchev–Trinajstić information content (AvgIpc) is 2.83. The molecule has 178 valence electrons. The van der Waals surface area contributed by atoms with Gasteiger partial charge in [-0.3, -0.25) is 13.9 Å². The normalized spacial score (nSPS) is 14.5. The maximum absolute atomic E-state index is 13.5. The smallest absolute Gasteiger partial charge is 0.309 e. The lowest BCUT2D eigenvalue weighted by molar-refractivity contribution is -0.151. The second-order valence-electron chi connectivity index (χ2n) is 7.66. The lowest BCUT2D eigenvalue weighted by atomic mass is 9.97. The van der Waals surface area contributed by atoms with Gasteiger partial charge in [-0.1, -0.05) is 18.2 Å². The number of carbonyl (C=O) groups excluding carboxylic acids is 2. The Balaban J connectivity index is 1.78. The summed E-state index contributed by atoms with van der Waals surface area (Å²) in [6.07, 6.45) is 1.00. The monoisotopic (exact) mass is 474 g/mol. The Morgan fingerprint density at radius 2 is 1.61 bits per heavy atom. The minimum Gasteiger partial charge on any atom is -0.494 e. The zero-order valence-electron chi connectivity index (χ0n) is 19.0. The van der Waals surface area contributed by atoms with Gasteiger partial charge in [0, 0.05) is 13.1 Å². The summed E-state index contributed by atoms with van der Waals surface area (Å²) >= 11 is 0. The van der Waals surface area contributed by atoms with E-state index in [1.165, 1.54) is 12.1 Å². The van der Waals surface area contributed by atoms with Crippen LogP contribution in [0.5, 0.6) is 5.75 Å². The van der Waals surface area contributed by atoms with Crippen molar-refractivity contribution in [2.45, 2.75) is 31.6 Å². The molecule has 3 rings (SSSR count). The van der Waals surface area contributed by atoms with Gasteiger partial charge in [0.1, 0.15) is 12.3 Å². The summed E-state index contributed by atoms with van der Waals surface area (Å²) in [5, 5.41) is 0. The van der Waals surface area contributed by atoms with Crippen molar-refractivity contribution in [3.63, 3.8) is 0 Å². The van der Waals surface area contributed by atoms with Crippen LogP contribution in [0.15, 0.2) is 59.5 Å². The summed E-state index contributed by atoms with van der Waals surface area (Å²) in [6, 6.07) is 14.7. The number of benzene rings is 2. The fourth-order valence-corrected chi connectivity index (χ4v) is 5.17. The van der Waals surface area contributed by atoms with Crippen LogP contribution in [-0.4, -0.2) is 58.0 Å². The van der Waals surface area contributed by atoms with Gasteiger partial charge >= 0.3 is 5.97 Å². The van der Waals surface area contributed by atoms with Gasteiger partial charge in [-0.05, 0) is 63.1 Å². The van der Waals surface area contributed by atoms with E-state index in [0.29, 0.717) is 50.6 Å². The molecule has 0 unspecified atom stereocenters. The van der Waals surface area contributed by atoms with Gasteiger partial charge in [0.15, 0.2) is 0 Å². The Bertz CT molecular complexity index is 1030. The molecule has 0 N–H and O–H groups in total. The fourth-order valence-electron chi connectivity index (χ4n) is 3.76. The highest BCUT2D eigenvalue weighted by Gasteiger charge is 2.32. The van der Waals surface area contributed by atoms with Crippen molar-refractivity contribution >= 4 is 27.6 Å². The third-order valence-electron chi connectivity index (χ3n) is 5.51. The van der Waals surface area contributed by atoms with Crippen molar-refractivity contribution in [3.05, 3.63) is 54.6 Å². The van der Waals surface area contributed by atoms with E-state index < -0.39 is 10.0 Å². The van der Waals surface area contributed by atoms with Gasteiger partial charge in [0.05, 0.1) is 29.7 Å². The summed E-state index contributed by atoms with van der Waals surface area (Å²) < 4.78 is 38.6. The predicted molar refractivity (Wildman–Crippen MR) is 125 cm³/mol. The SMILES string of the molecule is CCOC(=O)C1CCN(C(=O)CN(c2ccccc2)S(=O)(=O)c2ccc(OCC)cc2)CC1. The molecule has 2 aromatic rings. The van der Waals surface area contributed by atoms with Gasteiger partial charge in [0.25, 0.3) is 10.0 Å².